The van der Waals surface area contributed by atoms with Crippen LogP contribution in [0.1, 0.15) is 43.7 Å². The topological polar surface area (TPSA) is 50.8 Å². The van der Waals surface area contributed by atoms with E-state index in [4.69, 9.17) is 9.47 Å². The van der Waals surface area contributed by atoms with Crippen LogP contribution in [0.2, 0.25) is 0 Å². The van der Waals surface area contributed by atoms with Crippen LogP contribution in [-0.2, 0) is 17.9 Å². The van der Waals surface area contributed by atoms with Gasteiger partial charge in [-0.15, -0.1) is 0 Å². The summed E-state index contributed by atoms with van der Waals surface area (Å²) in [5.41, 5.74) is 2.45. The van der Waals surface area contributed by atoms with Crippen molar-refractivity contribution >= 4 is 5.91 Å². The zero-order valence-corrected chi connectivity index (χ0v) is 17.5. The molecule has 5 nitrogen and oxygen atoms in total. The maximum atomic E-state index is 12.1. The summed E-state index contributed by atoms with van der Waals surface area (Å²) in [5, 5.41) is 2.96. The predicted molar refractivity (Wildman–Crippen MR) is 115 cm³/mol. The second-order valence-corrected chi connectivity index (χ2v) is 7.68. The minimum Gasteiger partial charge on any atom is -0.497 e. The van der Waals surface area contributed by atoms with Crippen LogP contribution >= 0.6 is 0 Å². The van der Waals surface area contributed by atoms with Gasteiger partial charge in [-0.2, -0.15) is 0 Å². The lowest BCUT2D eigenvalue weighted by Gasteiger charge is -2.33. The van der Waals surface area contributed by atoms with Gasteiger partial charge in [0.25, 0.3) is 0 Å². The summed E-state index contributed by atoms with van der Waals surface area (Å²) in [7, 11) is 1.63. The molecule has 3 rings (SSSR count). The number of rotatable bonds is 9. The van der Waals surface area contributed by atoms with E-state index < -0.39 is 0 Å². The van der Waals surface area contributed by atoms with E-state index in [2.05, 4.69) is 41.4 Å². The molecule has 1 amide bonds. The number of hydrogen-bond donors (Lipinski definition) is 1. The van der Waals surface area contributed by atoms with Gasteiger partial charge in [0.2, 0.25) is 5.91 Å². The number of likely N-dealkylation sites (tertiary alicyclic amines) is 1. The van der Waals surface area contributed by atoms with Crippen LogP contribution < -0.4 is 14.8 Å². The molecule has 1 aliphatic rings. The molecule has 2 aromatic carbocycles. The Kier molecular flexibility index (Phi) is 7.94. The third-order valence-electron chi connectivity index (χ3n) is 5.50. The van der Waals surface area contributed by atoms with Crippen LogP contribution in [0.25, 0.3) is 0 Å². The SMILES string of the molecule is COc1ccc(OCCC(=O)NCc2ccc(CN3CCCC[C@@H]3C)cc2)cc1. The molecule has 1 atom stereocenters. The molecule has 5 heteroatoms. The Labute approximate surface area is 174 Å². The number of ether oxygens (including phenoxy) is 2. The fourth-order valence-electron chi connectivity index (χ4n) is 3.61. The molecule has 0 bridgehead atoms. The summed E-state index contributed by atoms with van der Waals surface area (Å²) < 4.78 is 10.7. The van der Waals surface area contributed by atoms with Crippen LogP contribution in [0.3, 0.4) is 0 Å². The zero-order valence-electron chi connectivity index (χ0n) is 17.5. The number of carbonyl (C=O) groups excluding carboxylic acids is 1. The third-order valence-corrected chi connectivity index (χ3v) is 5.50. The molecule has 0 spiro atoms. The van der Waals surface area contributed by atoms with E-state index in [9.17, 15) is 4.79 Å². The largest absolute Gasteiger partial charge is 0.497 e. The van der Waals surface area contributed by atoms with Gasteiger partial charge in [-0.25, -0.2) is 0 Å². The highest BCUT2D eigenvalue weighted by molar-refractivity contribution is 5.76. The number of carbonyl (C=O) groups is 1. The van der Waals surface area contributed by atoms with Crippen molar-refractivity contribution in [3.63, 3.8) is 0 Å². The molecule has 1 saturated heterocycles. The number of nitrogens with zero attached hydrogens (tertiary/aromatic N) is 1. The number of amides is 1. The normalized spacial score (nSPS) is 17.0. The number of nitrogens with one attached hydrogen (secondary N) is 1. The maximum absolute atomic E-state index is 12.1. The molecule has 1 N–H and O–H groups in total. The summed E-state index contributed by atoms with van der Waals surface area (Å²) in [6.45, 7) is 5.42. The predicted octanol–water partition coefficient (Wildman–Crippen LogP) is 4.15. The smallest absolute Gasteiger partial charge is 0.223 e. The van der Waals surface area contributed by atoms with Crippen LogP contribution in [0, 0.1) is 0 Å². The third kappa shape index (κ3) is 6.79. The Balaban J connectivity index is 1.36. The van der Waals surface area contributed by atoms with E-state index >= 15 is 0 Å². The summed E-state index contributed by atoms with van der Waals surface area (Å²) in [6.07, 6.45) is 4.28. The van der Waals surface area contributed by atoms with Crippen molar-refractivity contribution in [2.75, 3.05) is 20.3 Å². The van der Waals surface area contributed by atoms with Gasteiger partial charge in [0.05, 0.1) is 20.1 Å². The molecule has 0 unspecified atom stereocenters. The monoisotopic (exact) mass is 396 g/mol. The Morgan fingerprint density at radius 3 is 2.41 bits per heavy atom. The van der Waals surface area contributed by atoms with Gasteiger partial charge in [0.1, 0.15) is 11.5 Å². The standard InChI is InChI=1S/C24H32N2O3/c1-19-5-3-4-15-26(19)18-21-8-6-20(7-9-21)17-25-24(27)14-16-29-23-12-10-22(28-2)11-13-23/h6-13,19H,3-5,14-18H2,1-2H3,(H,25,27)/t19-/m0/s1. The van der Waals surface area contributed by atoms with Gasteiger partial charge in [0.15, 0.2) is 0 Å². The van der Waals surface area contributed by atoms with Gasteiger partial charge in [-0.05, 0) is 61.7 Å². The molecule has 156 valence electrons. The van der Waals surface area contributed by atoms with E-state index in [1.54, 1.807) is 7.11 Å². The first-order chi connectivity index (χ1) is 14.1. The highest BCUT2D eigenvalue weighted by atomic mass is 16.5. The Hall–Kier alpha value is -2.53. The highest BCUT2D eigenvalue weighted by Gasteiger charge is 2.17. The molecule has 1 fully saturated rings. The average Bonchev–Trinajstić information content (AvgIpc) is 2.75. The van der Waals surface area contributed by atoms with Crippen LogP contribution in [0.4, 0.5) is 0 Å². The van der Waals surface area contributed by atoms with Crippen molar-refractivity contribution in [3.05, 3.63) is 59.7 Å². The molecule has 0 saturated carbocycles. The highest BCUT2D eigenvalue weighted by Crippen LogP contribution is 2.19. The first kappa shape index (κ1) is 21.2. The Morgan fingerprint density at radius 2 is 1.72 bits per heavy atom. The van der Waals surface area contributed by atoms with E-state index in [-0.39, 0.29) is 5.91 Å². The minimum atomic E-state index is -0.00951. The second kappa shape index (κ2) is 10.9. The maximum Gasteiger partial charge on any atom is 0.223 e. The number of methoxy groups -OCH3 is 1. The Bertz CT molecular complexity index is 759. The molecule has 0 aliphatic carbocycles. The van der Waals surface area contributed by atoms with Gasteiger partial charge < -0.3 is 14.8 Å². The van der Waals surface area contributed by atoms with E-state index in [0.717, 1.165) is 23.6 Å². The lowest BCUT2D eigenvalue weighted by molar-refractivity contribution is -0.121. The Morgan fingerprint density at radius 1 is 1.03 bits per heavy atom. The molecule has 1 heterocycles. The molecule has 29 heavy (non-hydrogen) atoms. The van der Waals surface area contributed by atoms with Crippen molar-refractivity contribution in [1.82, 2.24) is 10.2 Å². The van der Waals surface area contributed by atoms with E-state index in [0.29, 0.717) is 25.6 Å². The fraction of sp³-hybridized carbons (Fsp3) is 0.458. The fourth-order valence-corrected chi connectivity index (χ4v) is 3.61. The number of benzene rings is 2. The number of piperidine rings is 1. The van der Waals surface area contributed by atoms with Crippen molar-refractivity contribution in [2.24, 2.45) is 0 Å². The number of hydrogen-bond acceptors (Lipinski definition) is 4. The van der Waals surface area contributed by atoms with Gasteiger partial charge in [0, 0.05) is 19.1 Å². The second-order valence-electron chi connectivity index (χ2n) is 7.68. The van der Waals surface area contributed by atoms with Gasteiger partial charge >= 0.3 is 0 Å². The molecular weight excluding hydrogens is 364 g/mol. The van der Waals surface area contributed by atoms with Gasteiger partial charge in [-0.3, -0.25) is 9.69 Å². The average molecular weight is 397 g/mol. The quantitative estimate of drug-likeness (QED) is 0.692. The summed E-state index contributed by atoms with van der Waals surface area (Å²) in [4.78, 5) is 14.6. The summed E-state index contributed by atoms with van der Waals surface area (Å²) in [5.74, 6) is 1.51. The van der Waals surface area contributed by atoms with Crippen LogP contribution in [0.5, 0.6) is 11.5 Å². The zero-order chi connectivity index (χ0) is 20.5. The molecule has 2 aromatic rings. The van der Waals surface area contributed by atoms with Crippen molar-refractivity contribution < 1.29 is 14.3 Å². The van der Waals surface area contributed by atoms with Gasteiger partial charge in [-0.1, -0.05) is 30.7 Å². The summed E-state index contributed by atoms with van der Waals surface area (Å²) >= 11 is 0. The van der Waals surface area contributed by atoms with Crippen LogP contribution in [-0.4, -0.2) is 37.1 Å². The lowest BCUT2D eigenvalue weighted by Crippen LogP contribution is -2.36. The first-order valence-electron chi connectivity index (χ1n) is 10.5. The van der Waals surface area contributed by atoms with Crippen molar-refractivity contribution in [2.45, 2.75) is 51.7 Å². The molecule has 1 aliphatic heterocycles. The van der Waals surface area contributed by atoms with E-state index in [1.807, 2.05) is 24.3 Å². The summed E-state index contributed by atoms with van der Waals surface area (Å²) in [6, 6.07) is 16.6. The molecule has 0 radical (unpaired) electrons. The molecular formula is C24H32N2O3. The lowest BCUT2D eigenvalue weighted by atomic mass is 10.0. The molecule has 0 aromatic heterocycles. The van der Waals surface area contributed by atoms with Crippen molar-refractivity contribution in [3.8, 4) is 11.5 Å². The minimum absolute atomic E-state index is 0.00951. The van der Waals surface area contributed by atoms with Crippen LogP contribution in [0.15, 0.2) is 48.5 Å². The van der Waals surface area contributed by atoms with Crippen molar-refractivity contribution in [1.29, 1.82) is 0 Å². The van der Waals surface area contributed by atoms with E-state index in [1.165, 1.54) is 31.4 Å². The first-order valence-corrected chi connectivity index (χ1v) is 10.5.